The fourth-order valence-corrected chi connectivity index (χ4v) is 1.82. The average Bonchev–Trinajstić information content (AvgIpc) is 2.36. The Balaban J connectivity index is 3.87. The van der Waals surface area contributed by atoms with Gasteiger partial charge in [-0.05, 0) is 39.5 Å². The predicted molar refractivity (Wildman–Crippen MR) is 80.3 cm³/mol. The molecule has 0 aromatic carbocycles. The third-order valence-corrected chi connectivity index (χ3v) is 3.03. The molecule has 0 rings (SSSR count). The number of ether oxygens (including phenoxy) is 2. The number of hydrogen-bond donors (Lipinski definition) is 0. The van der Waals surface area contributed by atoms with Gasteiger partial charge in [-0.25, -0.2) is 0 Å². The second-order valence-corrected chi connectivity index (χ2v) is 5.94. The lowest BCUT2D eigenvalue weighted by atomic mass is 10.1. The zero-order valence-electron chi connectivity index (χ0n) is 12.3. The summed E-state index contributed by atoms with van der Waals surface area (Å²) in [6.45, 7) is 3.50. The predicted octanol–water partition coefficient (Wildman–Crippen LogP) is 3.67. The van der Waals surface area contributed by atoms with E-state index in [0.29, 0.717) is 37.4 Å². The molecule has 0 aliphatic carbocycles. The molecule has 20 heavy (non-hydrogen) atoms. The lowest BCUT2D eigenvalue weighted by Gasteiger charge is -2.24. The Morgan fingerprint density at radius 3 is 1.90 bits per heavy atom. The van der Waals surface area contributed by atoms with E-state index in [4.69, 9.17) is 32.7 Å². The normalized spacial score (nSPS) is 11.2. The van der Waals surface area contributed by atoms with E-state index in [9.17, 15) is 9.59 Å². The van der Waals surface area contributed by atoms with Crippen LogP contribution in [-0.4, -0.2) is 35.9 Å². The highest BCUT2D eigenvalue weighted by Crippen LogP contribution is 2.13. The van der Waals surface area contributed by atoms with Gasteiger partial charge in [0.15, 0.2) is 0 Å². The van der Waals surface area contributed by atoms with E-state index in [0.717, 1.165) is 12.8 Å². The molecule has 0 bridgehead atoms. The zero-order chi connectivity index (χ0) is 15.4. The van der Waals surface area contributed by atoms with Gasteiger partial charge in [0.2, 0.25) is 0 Å². The van der Waals surface area contributed by atoms with Crippen molar-refractivity contribution in [2.24, 2.45) is 0 Å². The van der Waals surface area contributed by atoms with E-state index in [-0.39, 0.29) is 18.5 Å². The summed E-state index contributed by atoms with van der Waals surface area (Å²) < 4.78 is 10.4. The molecule has 0 unspecified atom stereocenters. The summed E-state index contributed by atoms with van der Waals surface area (Å²) in [6.07, 6.45) is 3.66. The molecule has 0 amide bonds. The minimum atomic E-state index is -0.805. The molecule has 0 saturated heterocycles. The van der Waals surface area contributed by atoms with E-state index in [1.165, 1.54) is 0 Å². The van der Waals surface area contributed by atoms with Crippen molar-refractivity contribution in [3.8, 4) is 0 Å². The summed E-state index contributed by atoms with van der Waals surface area (Å²) in [4.78, 5) is 23.0. The van der Waals surface area contributed by atoms with Crippen LogP contribution in [-0.2, 0) is 19.1 Å². The summed E-state index contributed by atoms with van der Waals surface area (Å²) in [6, 6.07) is 0. The van der Waals surface area contributed by atoms with Crippen LogP contribution in [0.25, 0.3) is 0 Å². The number of carbonyl (C=O) groups excluding carboxylic acids is 2. The lowest BCUT2D eigenvalue weighted by Crippen LogP contribution is -2.34. The molecule has 0 saturated carbocycles. The van der Waals surface area contributed by atoms with Gasteiger partial charge in [-0.2, -0.15) is 0 Å². The maximum atomic E-state index is 11.6. The Kier molecular flexibility index (Phi) is 10.9. The Morgan fingerprint density at radius 2 is 1.40 bits per heavy atom. The second kappa shape index (κ2) is 11.2. The Hall–Kier alpha value is -0.480. The summed E-state index contributed by atoms with van der Waals surface area (Å²) in [7, 11) is 0. The number of carbonyl (C=O) groups is 2. The minimum absolute atomic E-state index is 0.0634. The molecule has 0 radical (unpaired) electrons. The van der Waals surface area contributed by atoms with Crippen molar-refractivity contribution >= 4 is 35.1 Å². The Labute approximate surface area is 131 Å². The molecule has 0 atom stereocenters. The molecule has 0 fully saturated rings. The van der Waals surface area contributed by atoms with Crippen molar-refractivity contribution < 1.29 is 19.1 Å². The van der Waals surface area contributed by atoms with E-state index >= 15 is 0 Å². The first-order valence-corrected chi connectivity index (χ1v) is 7.97. The van der Waals surface area contributed by atoms with Crippen LogP contribution in [0.3, 0.4) is 0 Å². The van der Waals surface area contributed by atoms with Crippen LogP contribution >= 0.6 is 23.2 Å². The molecule has 4 nitrogen and oxygen atoms in total. The smallest absolute Gasteiger partial charge is 0.306 e. The van der Waals surface area contributed by atoms with Crippen molar-refractivity contribution in [2.75, 3.05) is 18.4 Å². The van der Waals surface area contributed by atoms with Crippen molar-refractivity contribution in [3.05, 3.63) is 0 Å². The third-order valence-electron chi connectivity index (χ3n) is 2.50. The summed E-state index contributed by atoms with van der Waals surface area (Å²) in [5, 5.41) is 0. The summed E-state index contributed by atoms with van der Waals surface area (Å²) in [5.74, 6) is 0.495. The zero-order valence-corrected chi connectivity index (χ0v) is 13.8. The van der Waals surface area contributed by atoms with Gasteiger partial charge in [0.25, 0.3) is 0 Å². The van der Waals surface area contributed by atoms with Crippen LogP contribution in [0.15, 0.2) is 0 Å². The van der Waals surface area contributed by atoms with Crippen LogP contribution < -0.4 is 0 Å². The molecule has 0 N–H and O–H groups in total. The van der Waals surface area contributed by atoms with E-state index in [1.54, 1.807) is 13.8 Å². The van der Waals surface area contributed by atoms with Crippen LogP contribution in [0.4, 0.5) is 0 Å². The molecule has 6 heteroatoms. The summed E-state index contributed by atoms with van der Waals surface area (Å²) >= 11 is 11.1. The largest absolute Gasteiger partial charge is 0.461 e. The second-order valence-electron chi connectivity index (χ2n) is 5.19. The van der Waals surface area contributed by atoms with Crippen LogP contribution in [0.1, 0.15) is 52.4 Å². The molecular weight excluding hydrogens is 303 g/mol. The number of unbranched alkanes of at least 4 members (excludes halogenated alkanes) is 2. The highest BCUT2D eigenvalue weighted by molar-refractivity contribution is 6.18. The SMILES string of the molecule is CC(C)(COC(=O)CCCCCl)OC(=O)CCCCCl. The van der Waals surface area contributed by atoms with Gasteiger partial charge in [-0.15, -0.1) is 23.2 Å². The van der Waals surface area contributed by atoms with Gasteiger partial charge in [0, 0.05) is 24.6 Å². The van der Waals surface area contributed by atoms with E-state index in [1.807, 2.05) is 0 Å². The molecule has 0 aromatic rings. The highest BCUT2D eigenvalue weighted by Gasteiger charge is 2.24. The van der Waals surface area contributed by atoms with Gasteiger partial charge in [0.1, 0.15) is 12.2 Å². The first-order chi connectivity index (χ1) is 9.41. The van der Waals surface area contributed by atoms with E-state index < -0.39 is 5.60 Å². The molecule has 0 heterocycles. The fourth-order valence-electron chi connectivity index (χ4n) is 1.44. The minimum Gasteiger partial charge on any atom is -0.461 e. The first kappa shape index (κ1) is 19.5. The maximum absolute atomic E-state index is 11.6. The fraction of sp³-hybridized carbons (Fsp3) is 0.857. The standard InChI is InChI=1S/C14H24Cl2O4/c1-14(2,20-13(18)8-4-6-10-16)11-19-12(17)7-3-5-9-15/h3-11H2,1-2H3. The van der Waals surface area contributed by atoms with Crippen molar-refractivity contribution in [1.29, 1.82) is 0 Å². The van der Waals surface area contributed by atoms with Gasteiger partial charge in [0.05, 0.1) is 0 Å². The van der Waals surface area contributed by atoms with Crippen LogP contribution in [0.2, 0.25) is 0 Å². The highest BCUT2D eigenvalue weighted by atomic mass is 35.5. The number of hydrogen-bond acceptors (Lipinski definition) is 4. The average molecular weight is 327 g/mol. The Morgan fingerprint density at radius 1 is 0.900 bits per heavy atom. The van der Waals surface area contributed by atoms with E-state index in [2.05, 4.69) is 0 Å². The summed E-state index contributed by atoms with van der Waals surface area (Å²) in [5.41, 5.74) is -0.805. The molecule has 0 aliphatic rings. The van der Waals surface area contributed by atoms with Gasteiger partial charge in [-0.1, -0.05) is 0 Å². The third kappa shape index (κ3) is 11.4. The van der Waals surface area contributed by atoms with Crippen LogP contribution in [0, 0.1) is 0 Å². The number of esters is 2. The first-order valence-electron chi connectivity index (χ1n) is 6.90. The van der Waals surface area contributed by atoms with Gasteiger partial charge < -0.3 is 9.47 Å². The van der Waals surface area contributed by atoms with Crippen LogP contribution in [0.5, 0.6) is 0 Å². The lowest BCUT2D eigenvalue weighted by molar-refractivity contribution is -0.168. The molecule has 0 aliphatic heterocycles. The maximum Gasteiger partial charge on any atom is 0.306 e. The molecule has 0 aromatic heterocycles. The number of rotatable bonds is 11. The van der Waals surface area contributed by atoms with Crippen molar-refractivity contribution in [1.82, 2.24) is 0 Å². The van der Waals surface area contributed by atoms with Gasteiger partial charge >= 0.3 is 11.9 Å². The quantitative estimate of drug-likeness (QED) is 0.330. The monoisotopic (exact) mass is 326 g/mol. The van der Waals surface area contributed by atoms with Gasteiger partial charge in [-0.3, -0.25) is 9.59 Å². The molecular formula is C14H24Cl2O4. The number of alkyl halides is 2. The molecule has 0 spiro atoms. The Bertz CT molecular complexity index is 293. The van der Waals surface area contributed by atoms with Crippen molar-refractivity contribution in [3.63, 3.8) is 0 Å². The topological polar surface area (TPSA) is 52.6 Å². The number of halogens is 2. The van der Waals surface area contributed by atoms with Crippen molar-refractivity contribution in [2.45, 2.75) is 58.0 Å². The molecule has 118 valence electrons.